The van der Waals surface area contributed by atoms with E-state index in [0.29, 0.717) is 30.3 Å². The van der Waals surface area contributed by atoms with Crippen molar-refractivity contribution in [2.75, 3.05) is 13.4 Å². The molecule has 27 heavy (non-hydrogen) atoms. The maximum Gasteiger partial charge on any atom is 0.430 e. The second kappa shape index (κ2) is 8.19. The molecular weight excluding hydrogens is 398 g/mol. The minimum Gasteiger partial charge on any atom is -0.478 e. The van der Waals surface area contributed by atoms with Gasteiger partial charge in [-0.25, -0.2) is 4.79 Å². The van der Waals surface area contributed by atoms with Crippen LogP contribution in [0.5, 0.6) is 0 Å². The Morgan fingerprint density at radius 3 is 1.85 bits per heavy atom. The summed E-state index contributed by atoms with van der Waals surface area (Å²) in [6.45, 7) is 4.66. The van der Waals surface area contributed by atoms with Crippen LogP contribution in [-0.4, -0.2) is 44.9 Å². The van der Waals surface area contributed by atoms with Gasteiger partial charge in [0.05, 0.1) is 5.56 Å². The number of rotatable bonds is 8. The van der Waals surface area contributed by atoms with Gasteiger partial charge >= 0.3 is 18.3 Å². The summed E-state index contributed by atoms with van der Waals surface area (Å²) in [5, 5.41) is 8.77. The number of alkyl halides is 6. The molecule has 0 radical (unpaired) electrons. The zero-order valence-electron chi connectivity index (χ0n) is 14.9. The average Bonchev–Trinajstić information content (AvgIpc) is 2.47. The number of ether oxygens (including phenoxy) is 2. The van der Waals surface area contributed by atoms with Crippen LogP contribution in [0.2, 0.25) is 25.7 Å². The maximum absolute atomic E-state index is 13.5. The molecule has 1 aromatic carbocycles. The number of carboxylic acid groups (broad SMARTS) is 1. The first-order chi connectivity index (χ1) is 12.1. The van der Waals surface area contributed by atoms with E-state index < -0.39 is 49.9 Å². The smallest absolute Gasteiger partial charge is 0.430 e. The van der Waals surface area contributed by atoms with Crippen molar-refractivity contribution >= 4 is 14.0 Å². The molecule has 0 aliphatic heterocycles. The van der Waals surface area contributed by atoms with Crippen molar-refractivity contribution in [2.45, 2.75) is 43.6 Å². The normalized spacial score (nSPS) is 13.7. The van der Waals surface area contributed by atoms with E-state index in [4.69, 9.17) is 9.84 Å². The van der Waals surface area contributed by atoms with Crippen LogP contribution in [0.15, 0.2) is 24.3 Å². The summed E-state index contributed by atoms with van der Waals surface area (Å²) in [5.74, 6) is -1.48. The van der Waals surface area contributed by atoms with Gasteiger partial charge in [-0.2, -0.15) is 26.3 Å². The number of hydrogen-bond donors (Lipinski definition) is 1. The Morgan fingerprint density at radius 2 is 1.48 bits per heavy atom. The Hall–Kier alpha value is -1.59. The van der Waals surface area contributed by atoms with E-state index in [1.807, 2.05) is 19.6 Å². The highest BCUT2D eigenvalue weighted by Crippen LogP contribution is 2.52. The molecule has 1 aromatic rings. The maximum atomic E-state index is 13.5. The average molecular weight is 418 g/mol. The zero-order valence-corrected chi connectivity index (χ0v) is 15.9. The van der Waals surface area contributed by atoms with Gasteiger partial charge in [0.15, 0.2) is 0 Å². The quantitative estimate of drug-likeness (QED) is 0.278. The van der Waals surface area contributed by atoms with E-state index in [9.17, 15) is 31.1 Å². The van der Waals surface area contributed by atoms with Gasteiger partial charge in [-0.3, -0.25) is 0 Å². The molecular formula is C16H20F6O4Si. The van der Waals surface area contributed by atoms with E-state index in [1.165, 1.54) is 0 Å². The highest BCUT2D eigenvalue weighted by molar-refractivity contribution is 6.76. The molecule has 0 unspecified atom stereocenters. The molecule has 0 saturated carbocycles. The van der Waals surface area contributed by atoms with Gasteiger partial charge < -0.3 is 14.6 Å². The van der Waals surface area contributed by atoms with Gasteiger partial charge in [-0.1, -0.05) is 31.8 Å². The van der Waals surface area contributed by atoms with Crippen LogP contribution in [0.25, 0.3) is 0 Å². The van der Waals surface area contributed by atoms with Gasteiger partial charge in [0.1, 0.15) is 6.79 Å². The number of aromatic carboxylic acids is 1. The lowest BCUT2D eigenvalue weighted by Gasteiger charge is -2.37. The summed E-state index contributed by atoms with van der Waals surface area (Å²) in [6, 6.07) is 2.71. The lowest BCUT2D eigenvalue weighted by molar-refractivity contribution is -0.401. The monoisotopic (exact) mass is 418 g/mol. The third-order valence-electron chi connectivity index (χ3n) is 3.69. The lowest BCUT2D eigenvalue weighted by atomic mass is 9.91. The lowest BCUT2D eigenvalue weighted by Crippen LogP contribution is -2.56. The summed E-state index contributed by atoms with van der Waals surface area (Å²) in [4.78, 5) is 10.8. The van der Waals surface area contributed by atoms with E-state index in [2.05, 4.69) is 4.74 Å². The van der Waals surface area contributed by atoms with Crippen LogP contribution < -0.4 is 0 Å². The standard InChI is InChI=1S/C16H20F6O4Si/c1-27(2,3)9-8-25-10-26-14(15(17,18)19,16(20,21)22)12-6-4-11(5-7-12)13(23)24/h4-7H,8-10H2,1-3H3,(H,23,24). The van der Waals surface area contributed by atoms with Gasteiger partial charge in [0, 0.05) is 20.2 Å². The zero-order chi connectivity index (χ0) is 21.1. The van der Waals surface area contributed by atoms with E-state index in [-0.39, 0.29) is 6.61 Å². The van der Waals surface area contributed by atoms with Gasteiger partial charge in [0.25, 0.3) is 5.60 Å². The van der Waals surface area contributed by atoms with E-state index >= 15 is 0 Å². The first-order valence-corrected chi connectivity index (χ1v) is 11.5. The van der Waals surface area contributed by atoms with Crippen LogP contribution in [0.1, 0.15) is 15.9 Å². The third-order valence-corrected chi connectivity index (χ3v) is 5.40. The van der Waals surface area contributed by atoms with Gasteiger partial charge in [-0.05, 0) is 18.2 Å². The molecule has 11 heteroatoms. The Kier molecular flexibility index (Phi) is 7.11. The fraction of sp³-hybridized carbons (Fsp3) is 0.562. The molecule has 1 rings (SSSR count). The van der Waals surface area contributed by atoms with Crippen molar-refractivity contribution < 1.29 is 45.7 Å². The van der Waals surface area contributed by atoms with Crippen molar-refractivity contribution in [2.24, 2.45) is 0 Å². The van der Waals surface area contributed by atoms with Crippen molar-refractivity contribution in [1.29, 1.82) is 0 Å². The van der Waals surface area contributed by atoms with Crippen molar-refractivity contribution in [3.05, 3.63) is 35.4 Å². The minimum absolute atomic E-state index is 0.0283. The Bertz CT molecular complexity index is 620. The summed E-state index contributed by atoms with van der Waals surface area (Å²) in [7, 11) is -1.59. The Balaban J connectivity index is 3.18. The second-order valence-corrected chi connectivity index (χ2v) is 12.7. The Labute approximate surface area is 153 Å². The highest BCUT2D eigenvalue weighted by Gasteiger charge is 2.73. The fourth-order valence-electron chi connectivity index (χ4n) is 2.15. The van der Waals surface area contributed by atoms with Crippen LogP contribution >= 0.6 is 0 Å². The summed E-state index contributed by atoms with van der Waals surface area (Å²) in [5.41, 5.74) is -6.36. The van der Waals surface area contributed by atoms with Crippen molar-refractivity contribution in [1.82, 2.24) is 0 Å². The molecule has 0 heterocycles. The van der Waals surface area contributed by atoms with Crippen LogP contribution in [-0.2, 0) is 15.1 Å². The molecule has 0 atom stereocenters. The number of carbonyl (C=O) groups is 1. The number of benzene rings is 1. The molecule has 0 aromatic heterocycles. The molecule has 4 nitrogen and oxygen atoms in total. The molecule has 0 spiro atoms. The summed E-state index contributed by atoms with van der Waals surface area (Å²) < 4.78 is 90.1. The van der Waals surface area contributed by atoms with Crippen LogP contribution in [0.4, 0.5) is 26.3 Å². The van der Waals surface area contributed by atoms with E-state index in [0.717, 1.165) is 0 Å². The third kappa shape index (κ3) is 5.69. The molecule has 0 aliphatic carbocycles. The number of halogens is 6. The fourth-order valence-corrected chi connectivity index (χ4v) is 2.91. The Morgan fingerprint density at radius 1 is 1.00 bits per heavy atom. The SMILES string of the molecule is C[Si](C)(C)CCOCOC(c1ccc(C(=O)O)cc1)(C(F)(F)F)C(F)(F)F. The van der Waals surface area contributed by atoms with Gasteiger partial charge in [0.2, 0.25) is 0 Å². The summed E-state index contributed by atoms with van der Waals surface area (Å²) in [6.07, 6.45) is -11.7. The van der Waals surface area contributed by atoms with Crippen molar-refractivity contribution in [3.8, 4) is 0 Å². The second-order valence-electron chi connectivity index (χ2n) is 7.04. The molecule has 1 N–H and O–H groups in total. The van der Waals surface area contributed by atoms with E-state index in [1.54, 1.807) is 0 Å². The van der Waals surface area contributed by atoms with Crippen LogP contribution in [0.3, 0.4) is 0 Å². The molecule has 0 fully saturated rings. The molecule has 0 bridgehead atoms. The van der Waals surface area contributed by atoms with Crippen LogP contribution in [0, 0.1) is 0 Å². The largest absolute Gasteiger partial charge is 0.478 e. The predicted octanol–water partition coefficient (Wildman–Crippen LogP) is 5.03. The number of hydrogen-bond acceptors (Lipinski definition) is 3. The topological polar surface area (TPSA) is 55.8 Å². The number of carboxylic acids is 1. The molecule has 0 amide bonds. The minimum atomic E-state index is -5.85. The van der Waals surface area contributed by atoms with Gasteiger partial charge in [-0.15, -0.1) is 0 Å². The first-order valence-electron chi connectivity index (χ1n) is 7.81. The first kappa shape index (κ1) is 23.4. The summed E-state index contributed by atoms with van der Waals surface area (Å²) >= 11 is 0. The molecule has 0 saturated heterocycles. The molecule has 154 valence electrons. The molecule has 0 aliphatic rings. The predicted molar refractivity (Wildman–Crippen MR) is 87.2 cm³/mol. The van der Waals surface area contributed by atoms with Crippen molar-refractivity contribution in [3.63, 3.8) is 0 Å². The highest BCUT2D eigenvalue weighted by atomic mass is 28.3.